The van der Waals surface area contributed by atoms with Gasteiger partial charge >= 0.3 is 0 Å². The summed E-state index contributed by atoms with van der Waals surface area (Å²) in [6.07, 6.45) is 2.82. The van der Waals surface area contributed by atoms with Gasteiger partial charge in [0.15, 0.2) is 0 Å². The number of hydrogen-bond acceptors (Lipinski definition) is 2. The van der Waals surface area contributed by atoms with Gasteiger partial charge in [-0.3, -0.25) is 14.5 Å². The maximum atomic E-state index is 11.7. The third-order valence-corrected chi connectivity index (χ3v) is 2.61. The third-order valence-electron chi connectivity index (χ3n) is 2.61. The molecule has 0 fully saturated rings. The van der Waals surface area contributed by atoms with Gasteiger partial charge in [-0.15, -0.1) is 0 Å². The van der Waals surface area contributed by atoms with Gasteiger partial charge in [-0.05, 0) is 12.1 Å². The van der Waals surface area contributed by atoms with Crippen molar-refractivity contribution in [3.63, 3.8) is 0 Å². The van der Waals surface area contributed by atoms with Crippen LogP contribution in [0, 0.1) is 13.8 Å². The summed E-state index contributed by atoms with van der Waals surface area (Å²) in [4.78, 5) is 24.6. The van der Waals surface area contributed by atoms with E-state index in [1.54, 1.807) is 24.3 Å². The smallest absolute Gasteiger partial charge is 0.261 e. The molecule has 2 amide bonds. The molecule has 19 heavy (non-hydrogen) atoms. The molecule has 2 rings (SSSR count). The van der Waals surface area contributed by atoms with Gasteiger partial charge in [0.05, 0.1) is 11.1 Å². The second-order valence-corrected chi connectivity index (χ2v) is 4.01. The second kappa shape index (κ2) is 9.38. The molecule has 101 valence electrons. The Morgan fingerprint density at radius 2 is 1.42 bits per heavy atom. The van der Waals surface area contributed by atoms with Crippen LogP contribution in [0.4, 0.5) is 0 Å². The molecule has 4 heteroatoms. The Morgan fingerprint density at radius 1 is 1.00 bits per heavy atom. The van der Waals surface area contributed by atoms with Gasteiger partial charge in [0.2, 0.25) is 0 Å². The van der Waals surface area contributed by atoms with Crippen molar-refractivity contribution in [3.8, 4) is 0 Å². The third kappa shape index (κ3) is 4.50. The molecule has 1 radical (unpaired) electrons. The van der Waals surface area contributed by atoms with Gasteiger partial charge in [0.25, 0.3) is 11.8 Å². The van der Waals surface area contributed by atoms with Crippen molar-refractivity contribution in [2.24, 2.45) is 0 Å². The number of fused-ring (bicyclic) bond motifs is 1. The van der Waals surface area contributed by atoms with Crippen molar-refractivity contribution < 1.29 is 42.3 Å². The molecule has 1 aromatic carbocycles. The molecule has 0 N–H and O–H groups in total. The molecule has 1 heterocycles. The summed E-state index contributed by atoms with van der Waals surface area (Å²) in [6.45, 7) is 9.75. The zero-order valence-electron chi connectivity index (χ0n) is 11.4. The number of hydrogen-bond donors (Lipinski definition) is 0. The molecule has 0 saturated carbocycles. The summed E-state index contributed by atoms with van der Waals surface area (Å²) in [6, 6.07) is 6.88. The van der Waals surface area contributed by atoms with Gasteiger partial charge in [-0.1, -0.05) is 25.5 Å². The van der Waals surface area contributed by atoms with E-state index in [1.165, 1.54) is 11.3 Å². The first kappa shape index (κ1) is 18.5. The monoisotopic (exact) mass is 334 g/mol. The van der Waals surface area contributed by atoms with Crippen LogP contribution in [0.5, 0.6) is 0 Å². The Morgan fingerprint density at radius 3 is 1.74 bits per heavy atom. The molecule has 0 spiro atoms. The molecular weight excluding hydrogens is 315 g/mol. The molecule has 1 aliphatic heterocycles. The first-order chi connectivity index (χ1) is 8.67. The average molecular weight is 334 g/mol. The van der Waals surface area contributed by atoms with E-state index in [-0.39, 0.29) is 44.5 Å². The van der Waals surface area contributed by atoms with Crippen molar-refractivity contribution in [1.29, 1.82) is 0 Å². The Bertz CT molecular complexity index is 395. The number of rotatable bonds is 3. The van der Waals surface area contributed by atoms with Crippen molar-refractivity contribution in [1.82, 2.24) is 4.90 Å². The Labute approximate surface area is 140 Å². The number of imide groups is 1. The van der Waals surface area contributed by atoms with E-state index in [4.69, 9.17) is 0 Å². The minimum atomic E-state index is -0.200. The minimum absolute atomic E-state index is 0. The molecule has 1 aliphatic rings. The zero-order chi connectivity index (χ0) is 13.5. The van der Waals surface area contributed by atoms with Crippen LogP contribution in [0.15, 0.2) is 24.3 Å². The van der Waals surface area contributed by atoms with Crippen LogP contribution < -0.4 is 0 Å². The summed E-state index contributed by atoms with van der Waals surface area (Å²) >= 11 is 0. The predicted molar refractivity (Wildman–Crippen MR) is 72.0 cm³/mol. The largest absolute Gasteiger partial charge is 0.343 e. The quantitative estimate of drug-likeness (QED) is 0.629. The van der Waals surface area contributed by atoms with Crippen molar-refractivity contribution >= 4 is 11.8 Å². The van der Waals surface area contributed by atoms with Gasteiger partial charge in [-0.25, -0.2) is 0 Å². The van der Waals surface area contributed by atoms with E-state index in [9.17, 15) is 9.59 Å². The Hall–Kier alpha value is -0.536. The van der Waals surface area contributed by atoms with Crippen LogP contribution >= 0.6 is 0 Å². The van der Waals surface area contributed by atoms with Gasteiger partial charge < -0.3 is 13.8 Å². The molecule has 0 saturated heterocycles. The van der Waals surface area contributed by atoms with Crippen LogP contribution in [-0.2, 0) is 32.7 Å². The molecule has 0 aromatic heterocycles. The van der Waals surface area contributed by atoms with E-state index in [0.29, 0.717) is 24.1 Å². The summed E-state index contributed by atoms with van der Waals surface area (Å²) in [7, 11) is 0. The first-order valence-corrected chi connectivity index (χ1v) is 6.21. The molecule has 0 aliphatic carbocycles. The average Bonchev–Trinajstić information content (AvgIpc) is 2.65. The summed E-state index contributed by atoms with van der Waals surface area (Å²) in [5, 5.41) is 0. The van der Waals surface area contributed by atoms with E-state index < -0.39 is 0 Å². The number of carbonyl (C=O) groups excluding carboxylic acids is 2. The summed E-state index contributed by atoms with van der Waals surface area (Å²) in [5.74, 6) is -0.400. The maximum absolute atomic E-state index is 11.7. The van der Waals surface area contributed by atoms with Crippen LogP contribution in [0.1, 0.15) is 46.9 Å². The zero-order valence-corrected chi connectivity index (χ0v) is 14.2. The first-order valence-electron chi connectivity index (χ1n) is 6.21. The SMILES string of the molecule is [CH2-]CCC.[CH2-]CCN1C(=O)c2ccccc2C1=O.[Y]. The number of amides is 2. The summed E-state index contributed by atoms with van der Waals surface area (Å²) in [5.41, 5.74) is 1.01. The van der Waals surface area contributed by atoms with Crippen LogP contribution in [0.3, 0.4) is 0 Å². The molecule has 0 atom stereocenters. The number of carbonyl (C=O) groups is 2. The van der Waals surface area contributed by atoms with Crippen molar-refractivity contribution in [2.45, 2.75) is 26.2 Å². The van der Waals surface area contributed by atoms with E-state index >= 15 is 0 Å². The molecule has 3 nitrogen and oxygen atoms in total. The summed E-state index contributed by atoms with van der Waals surface area (Å²) < 4.78 is 0. The van der Waals surface area contributed by atoms with Gasteiger partial charge in [-0.2, -0.15) is 12.8 Å². The van der Waals surface area contributed by atoms with Crippen LogP contribution in [0.2, 0.25) is 0 Å². The van der Waals surface area contributed by atoms with Gasteiger partial charge in [0, 0.05) is 39.3 Å². The van der Waals surface area contributed by atoms with Crippen LogP contribution in [0.25, 0.3) is 0 Å². The maximum Gasteiger partial charge on any atom is 0.261 e. The fraction of sp³-hybridized carbons (Fsp3) is 0.333. The van der Waals surface area contributed by atoms with Gasteiger partial charge in [0.1, 0.15) is 0 Å². The second-order valence-electron chi connectivity index (χ2n) is 4.01. The number of unbranched alkanes of at least 4 members (excludes halogenated alkanes) is 1. The number of nitrogens with zero attached hydrogens (tertiary/aromatic N) is 1. The molecule has 0 unspecified atom stereocenters. The standard InChI is InChI=1S/C11H10NO2.C4H9.Y/c1-2-7-12-10(13)8-5-3-4-6-9(8)11(12)14;1-3-4-2;/h3-6H,1-2,7H2;1,3-4H2,2H3;/q2*-1;. The fourth-order valence-electron chi connectivity index (χ4n) is 1.60. The molecule has 0 bridgehead atoms. The number of benzene rings is 1. The van der Waals surface area contributed by atoms with Crippen molar-refractivity contribution in [2.75, 3.05) is 6.54 Å². The van der Waals surface area contributed by atoms with Crippen LogP contribution in [-0.4, -0.2) is 23.3 Å². The normalized spacial score (nSPS) is 12.5. The Balaban J connectivity index is 0.000000576. The topological polar surface area (TPSA) is 37.4 Å². The van der Waals surface area contributed by atoms with Crippen molar-refractivity contribution in [3.05, 3.63) is 49.2 Å². The van der Waals surface area contributed by atoms with E-state index in [0.717, 1.165) is 6.42 Å². The van der Waals surface area contributed by atoms with E-state index in [1.807, 2.05) is 0 Å². The fourth-order valence-corrected chi connectivity index (χ4v) is 1.60. The van der Waals surface area contributed by atoms with E-state index in [2.05, 4.69) is 20.8 Å². The molecular formula is C15H19NO2Y-2. The molecule has 1 aromatic rings. The predicted octanol–water partition coefficient (Wildman–Crippen LogP) is 3.12. The Kier molecular flexibility index (Phi) is 9.12. The minimum Gasteiger partial charge on any atom is -0.343 e.